The summed E-state index contributed by atoms with van der Waals surface area (Å²) in [4.78, 5) is 24.2. The SMILES string of the molecule is O=c1cnn([C@@H]2OC(CI)=CC2O)c(=O)[nH]1. The van der Waals surface area contributed by atoms with Crippen molar-refractivity contribution in [2.24, 2.45) is 0 Å². The number of H-pyrrole nitrogens is 1. The molecule has 2 rings (SSSR count). The van der Waals surface area contributed by atoms with Crippen molar-refractivity contribution in [1.29, 1.82) is 0 Å². The monoisotopic (exact) mass is 337 g/mol. The van der Waals surface area contributed by atoms with Gasteiger partial charge in [0.2, 0.25) is 6.23 Å². The molecule has 0 bridgehead atoms. The summed E-state index contributed by atoms with van der Waals surface area (Å²) in [5, 5.41) is 13.3. The van der Waals surface area contributed by atoms with Gasteiger partial charge in [-0.1, -0.05) is 22.6 Å². The van der Waals surface area contributed by atoms with Gasteiger partial charge in [0.05, 0.1) is 4.43 Å². The van der Waals surface area contributed by atoms with Gasteiger partial charge in [-0.25, -0.2) is 4.79 Å². The van der Waals surface area contributed by atoms with E-state index in [2.05, 4.69) is 27.7 Å². The molecule has 86 valence electrons. The number of rotatable bonds is 2. The van der Waals surface area contributed by atoms with Gasteiger partial charge in [0.25, 0.3) is 5.56 Å². The van der Waals surface area contributed by atoms with E-state index in [1.807, 2.05) is 4.98 Å². The van der Waals surface area contributed by atoms with Crippen molar-refractivity contribution in [3.05, 3.63) is 38.9 Å². The summed E-state index contributed by atoms with van der Waals surface area (Å²) in [6.45, 7) is 0. The number of nitrogens with one attached hydrogen (secondary N) is 1. The first-order valence-electron chi connectivity index (χ1n) is 4.41. The number of hydrogen-bond donors (Lipinski definition) is 2. The molecule has 0 spiro atoms. The number of ether oxygens (including phenoxy) is 1. The maximum absolute atomic E-state index is 11.4. The lowest BCUT2D eigenvalue weighted by Gasteiger charge is -2.15. The first-order valence-corrected chi connectivity index (χ1v) is 5.94. The minimum atomic E-state index is -0.944. The van der Waals surface area contributed by atoms with Crippen molar-refractivity contribution >= 4 is 22.6 Å². The van der Waals surface area contributed by atoms with E-state index in [9.17, 15) is 14.7 Å². The average Bonchev–Trinajstić information content (AvgIpc) is 2.60. The van der Waals surface area contributed by atoms with Gasteiger partial charge < -0.3 is 9.84 Å². The zero-order valence-corrected chi connectivity index (χ0v) is 10.1. The van der Waals surface area contributed by atoms with Crippen LogP contribution in [0.3, 0.4) is 0 Å². The van der Waals surface area contributed by atoms with Crippen LogP contribution in [0.2, 0.25) is 0 Å². The molecule has 7 nitrogen and oxygen atoms in total. The first kappa shape index (κ1) is 11.3. The molecule has 16 heavy (non-hydrogen) atoms. The molecular formula is C8H8IN3O4. The minimum Gasteiger partial charge on any atom is -0.469 e. The summed E-state index contributed by atoms with van der Waals surface area (Å²) in [7, 11) is 0. The summed E-state index contributed by atoms with van der Waals surface area (Å²) in [6.07, 6.45) is 0.616. The van der Waals surface area contributed by atoms with Crippen LogP contribution in [0.15, 0.2) is 27.6 Å². The Morgan fingerprint density at radius 1 is 1.62 bits per heavy atom. The number of aliphatic hydroxyl groups excluding tert-OH is 1. The fraction of sp³-hybridized carbons (Fsp3) is 0.375. The molecule has 1 unspecified atom stereocenters. The van der Waals surface area contributed by atoms with E-state index in [1.54, 1.807) is 0 Å². The average molecular weight is 337 g/mol. The first-order chi connectivity index (χ1) is 7.61. The fourth-order valence-corrected chi connectivity index (χ4v) is 1.78. The number of hydrogen-bond acceptors (Lipinski definition) is 5. The van der Waals surface area contributed by atoms with E-state index in [0.29, 0.717) is 10.2 Å². The summed E-state index contributed by atoms with van der Waals surface area (Å²) in [5.41, 5.74) is -1.30. The van der Waals surface area contributed by atoms with Gasteiger partial charge in [-0.05, 0) is 6.08 Å². The molecule has 2 N–H and O–H groups in total. The predicted octanol–water partition coefficient (Wildman–Crippen LogP) is -0.860. The van der Waals surface area contributed by atoms with Gasteiger partial charge >= 0.3 is 5.69 Å². The van der Waals surface area contributed by atoms with Crippen molar-refractivity contribution in [3.63, 3.8) is 0 Å². The zero-order valence-electron chi connectivity index (χ0n) is 7.96. The maximum atomic E-state index is 11.4. The highest BCUT2D eigenvalue weighted by molar-refractivity contribution is 14.1. The third-order valence-corrected chi connectivity index (χ3v) is 2.78. The van der Waals surface area contributed by atoms with E-state index in [4.69, 9.17) is 4.74 Å². The van der Waals surface area contributed by atoms with Crippen LogP contribution in [-0.4, -0.2) is 30.4 Å². The number of allylic oxidation sites excluding steroid dienone is 1. The molecule has 8 heteroatoms. The lowest BCUT2D eigenvalue weighted by Crippen LogP contribution is -2.37. The van der Waals surface area contributed by atoms with E-state index >= 15 is 0 Å². The minimum absolute atomic E-state index is 0.581. The van der Waals surface area contributed by atoms with Crippen LogP contribution in [0.5, 0.6) is 0 Å². The van der Waals surface area contributed by atoms with Gasteiger partial charge in [0.15, 0.2) is 0 Å². The molecule has 0 aliphatic carbocycles. The van der Waals surface area contributed by atoms with Crippen molar-refractivity contribution in [2.45, 2.75) is 12.3 Å². The van der Waals surface area contributed by atoms with Crippen LogP contribution in [0.1, 0.15) is 6.23 Å². The smallest absolute Gasteiger partial charge is 0.348 e. The van der Waals surface area contributed by atoms with Crippen LogP contribution in [-0.2, 0) is 4.74 Å². The molecule has 0 aromatic carbocycles. The highest BCUT2D eigenvalue weighted by Gasteiger charge is 2.30. The maximum Gasteiger partial charge on any atom is 0.348 e. The van der Waals surface area contributed by atoms with Gasteiger partial charge in [0, 0.05) is 0 Å². The standard InChI is InChI=1S/C8H8IN3O4/c9-2-4-1-5(13)7(16-4)12-8(15)11-6(14)3-10-12/h1,3,5,7,13H,2H2,(H,11,14,15)/t5?,7-/m1/s1. The number of alkyl halides is 1. The summed E-state index contributed by atoms with van der Waals surface area (Å²) in [6, 6.07) is 0. The Morgan fingerprint density at radius 3 is 2.94 bits per heavy atom. The van der Waals surface area contributed by atoms with Gasteiger partial charge in [-0.3, -0.25) is 9.78 Å². The quantitative estimate of drug-likeness (QED) is 0.541. The number of aliphatic hydroxyl groups is 1. The summed E-state index contributed by atoms with van der Waals surface area (Å²) < 4.78 is 6.80. The highest BCUT2D eigenvalue weighted by atomic mass is 127. The van der Waals surface area contributed by atoms with E-state index in [1.165, 1.54) is 6.08 Å². The lowest BCUT2D eigenvalue weighted by molar-refractivity contribution is -0.0111. The molecule has 0 amide bonds. The molecule has 1 aliphatic heterocycles. The predicted molar refractivity (Wildman–Crippen MR) is 62.2 cm³/mol. The third kappa shape index (κ3) is 2.02. The third-order valence-electron chi connectivity index (χ3n) is 2.03. The lowest BCUT2D eigenvalue weighted by atomic mass is 10.3. The fourth-order valence-electron chi connectivity index (χ4n) is 1.35. The van der Waals surface area contributed by atoms with Gasteiger partial charge in [-0.2, -0.15) is 9.78 Å². The molecule has 1 aliphatic rings. The second-order valence-electron chi connectivity index (χ2n) is 3.15. The van der Waals surface area contributed by atoms with Crippen LogP contribution in [0.25, 0.3) is 0 Å². The Labute approximate surface area is 103 Å². The van der Waals surface area contributed by atoms with Crippen molar-refractivity contribution in [1.82, 2.24) is 14.8 Å². The number of nitrogens with zero attached hydrogens (tertiary/aromatic N) is 2. The zero-order chi connectivity index (χ0) is 11.7. The Bertz CT molecular complexity index is 535. The van der Waals surface area contributed by atoms with Crippen molar-refractivity contribution < 1.29 is 9.84 Å². The Balaban J connectivity index is 2.34. The molecule has 0 fully saturated rings. The normalized spacial score (nSPS) is 24.0. The molecule has 0 saturated carbocycles. The Hall–Kier alpha value is -1.16. The molecule has 1 aromatic rings. The molecule has 2 atom stereocenters. The van der Waals surface area contributed by atoms with E-state index < -0.39 is 23.6 Å². The van der Waals surface area contributed by atoms with Crippen LogP contribution < -0.4 is 11.2 Å². The molecule has 1 aromatic heterocycles. The van der Waals surface area contributed by atoms with Crippen LogP contribution >= 0.6 is 22.6 Å². The Kier molecular flexibility index (Phi) is 3.10. The number of halogens is 1. The molecule has 0 saturated heterocycles. The Morgan fingerprint density at radius 2 is 2.38 bits per heavy atom. The second-order valence-corrected chi connectivity index (χ2v) is 3.91. The van der Waals surface area contributed by atoms with Crippen molar-refractivity contribution in [2.75, 3.05) is 4.43 Å². The van der Waals surface area contributed by atoms with Gasteiger partial charge in [-0.15, -0.1) is 0 Å². The van der Waals surface area contributed by atoms with Gasteiger partial charge in [0.1, 0.15) is 18.1 Å². The number of aromatic amines is 1. The molecule has 0 radical (unpaired) electrons. The summed E-state index contributed by atoms with van der Waals surface area (Å²) >= 11 is 2.07. The van der Waals surface area contributed by atoms with E-state index in [0.717, 1.165) is 10.9 Å². The van der Waals surface area contributed by atoms with Crippen LogP contribution in [0.4, 0.5) is 0 Å². The molecular weight excluding hydrogens is 329 g/mol. The van der Waals surface area contributed by atoms with E-state index in [-0.39, 0.29) is 0 Å². The number of aromatic nitrogens is 3. The topological polar surface area (TPSA) is 97.2 Å². The van der Waals surface area contributed by atoms with Crippen molar-refractivity contribution in [3.8, 4) is 0 Å². The largest absolute Gasteiger partial charge is 0.469 e. The summed E-state index contributed by atoms with van der Waals surface area (Å²) in [5.74, 6) is 0.581. The second kappa shape index (κ2) is 4.37. The van der Waals surface area contributed by atoms with Crippen LogP contribution in [0, 0.1) is 0 Å². The molecule has 2 heterocycles. The highest BCUT2D eigenvalue weighted by Crippen LogP contribution is 2.25.